The molecule has 1 aliphatic heterocycles. The highest BCUT2D eigenvalue weighted by molar-refractivity contribution is 4.93. The molecule has 1 saturated heterocycles. The van der Waals surface area contributed by atoms with Gasteiger partial charge in [0.25, 0.3) is 0 Å². The van der Waals surface area contributed by atoms with Gasteiger partial charge in [-0.1, -0.05) is 19.3 Å². The van der Waals surface area contributed by atoms with Crippen LogP contribution in [0.3, 0.4) is 0 Å². The van der Waals surface area contributed by atoms with Gasteiger partial charge in [0.1, 0.15) is 0 Å². The lowest BCUT2D eigenvalue weighted by molar-refractivity contribution is 0.307. The van der Waals surface area contributed by atoms with Crippen molar-refractivity contribution in [2.45, 2.75) is 69.9 Å². The molecule has 1 heterocycles. The van der Waals surface area contributed by atoms with E-state index in [9.17, 15) is 0 Å². The standard InChI is InChI=1S/C15H28N2/c1-2-6-12(5-1)11-17-15-8-3-7-13(15)14-9-4-10-16-14/h12-17H,1-11H2. The van der Waals surface area contributed by atoms with E-state index in [1.165, 1.54) is 70.9 Å². The summed E-state index contributed by atoms with van der Waals surface area (Å²) in [5.41, 5.74) is 0. The first-order valence-corrected chi connectivity index (χ1v) is 7.90. The third kappa shape index (κ3) is 2.85. The minimum Gasteiger partial charge on any atom is -0.314 e. The third-order valence-electron chi connectivity index (χ3n) is 5.33. The lowest BCUT2D eigenvalue weighted by atomic mass is 9.92. The third-order valence-corrected chi connectivity index (χ3v) is 5.33. The molecule has 17 heavy (non-hydrogen) atoms. The van der Waals surface area contributed by atoms with Crippen LogP contribution in [0.2, 0.25) is 0 Å². The zero-order chi connectivity index (χ0) is 11.5. The summed E-state index contributed by atoms with van der Waals surface area (Å²) in [6, 6.07) is 1.66. The summed E-state index contributed by atoms with van der Waals surface area (Å²) in [6.45, 7) is 2.56. The van der Waals surface area contributed by atoms with Crippen LogP contribution in [0.5, 0.6) is 0 Å². The molecular formula is C15H28N2. The SMILES string of the molecule is C1CCC(CNC2CCCC2C2CCCN2)C1. The van der Waals surface area contributed by atoms with Crippen LogP contribution < -0.4 is 10.6 Å². The van der Waals surface area contributed by atoms with Gasteiger partial charge in [-0.15, -0.1) is 0 Å². The predicted molar refractivity (Wildman–Crippen MR) is 72.1 cm³/mol. The van der Waals surface area contributed by atoms with Crippen LogP contribution in [0.15, 0.2) is 0 Å². The smallest absolute Gasteiger partial charge is 0.0111 e. The highest BCUT2D eigenvalue weighted by Gasteiger charge is 2.34. The van der Waals surface area contributed by atoms with E-state index in [2.05, 4.69) is 10.6 Å². The Kier molecular flexibility index (Phi) is 4.02. The van der Waals surface area contributed by atoms with Gasteiger partial charge in [-0.05, 0) is 63.5 Å². The van der Waals surface area contributed by atoms with Crippen LogP contribution in [0.4, 0.5) is 0 Å². The van der Waals surface area contributed by atoms with E-state index in [-0.39, 0.29) is 0 Å². The second kappa shape index (κ2) is 5.71. The van der Waals surface area contributed by atoms with E-state index < -0.39 is 0 Å². The van der Waals surface area contributed by atoms with Gasteiger partial charge < -0.3 is 10.6 Å². The van der Waals surface area contributed by atoms with E-state index in [1.54, 1.807) is 0 Å². The Balaban J connectivity index is 1.47. The molecule has 0 spiro atoms. The molecule has 3 fully saturated rings. The molecule has 2 heteroatoms. The Morgan fingerprint density at radius 2 is 1.76 bits per heavy atom. The van der Waals surface area contributed by atoms with Gasteiger partial charge in [-0.3, -0.25) is 0 Å². The Bertz CT molecular complexity index is 229. The van der Waals surface area contributed by atoms with Crippen molar-refractivity contribution in [3.05, 3.63) is 0 Å². The van der Waals surface area contributed by atoms with Crippen molar-refractivity contribution in [1.82, 2.24) is 10.6 Å². The summed E-state index contributed by atoms with van der Waals surface area (Å²) in [4.78, 5) is 0. The molecule has 2 saturated carbocycles. The second-order valence-corrected chi connectivity index (χ2v) is 6.46. The molecule has 98 valence electrons. The Morgan fingerprint density at radius 1 is 0.882 bits per heavy atom. The van der Waals surface area contributed by atoms with Crippen LogP contribution in [-0.2, 0) is 0 Å². The fourth-order valence-corrected chi connectivity index (χ4v) is 4.33. The van der Waals surface area contributed by atoms with E-state index in [0.717, 1.165) is 23.9 Å². The molecule has 2 aliphatic carbocycles. The number of nitrogens with one attached hydrogen (secondary N) is 2. The molecule has 3 rings (SSSR count). The summed E-state index contributed by atoms with van der Waals surface area (Å²) in [5.74, 6) is 1.92. The summed E-state index contributed by atoms with van der Waals surface area (Å²) in [6.07, 6.45) is 13.1. The summed E-state index contributed by atoms with van der Waals surface area (Å²) < 4.78 is 0. The normalized spacial score (nSPS) is 39.2. The fraction of sp³-hybridized carbons (Fsp3) is 1.00. The van der Waals surface area contributed by atoms with Crippen molar-refractivity contribution >= 4 is 0 Å². The van der Waals surface area contributed by atoms with Gasteiger partial charge in [0.2, 0.25) is 0 Å². The first-order valence-electron chi connectivity index (χ1n) is 7.90. The van der Waals surface area contributed by atoms with Gasteiger partial charge in [0.05, 0.1) is 0 Å². The van der Waals surface area contributed by atoms with Crippen LogP contribution in [0.1, 0.15) is 57.8 Å². The topological polar surface area (TPSA) is 24.1 Å². The number of hydrogen-bond acceptors (Lipinski definition) is 2. The fourth-order valence-electron chi connectivity index (χ4n) is 4.33. The van der Waals surface area contributed by atoms with Crippen LogP contribution in [-0.4, -0.2) is 25.2 Å². The first kappa shape index (κ1) is 12.0. The molecule has 0 bridgehead atoms. The molecule has 2 N–H and O–H groups in total. The highest BCUT2D eigenvalue weighted by Crippen LogP contribution is 2.32. The second-order valence-electron chi connectivity index (χ2n) is 6.46. The van der Waals surface area contributed by atoms with E-state index in [1.807, 2.05) is 0 Å². The minimum absolute atomic E-state index is 0.825. The first-order chi connectivity index (χ1) is 8.43. The molecular weight excluding hydrogens is 208 g/mol. The lowest BCUT2D eigenvalue weighted by Gasteiger charge is -2.27. The van der Waals surface area contributed by atoms with Crippen molar-refractivity contribution < 1.29 is 0 Å². The van der Waals surface area contributed by atoms with Gasteiger partial charge in [0, 0.05) is 12.1 Å². The molecule has 0 amide bonds. The molecule has 0 radical (unpaired) electrons. The molecule has 0 aromatic carbocycles. The molecule has 3 atom stereocenters. The Labute approximate surface area is 106 Å². The maximum absolute atomic E-state index is 3.91. The van der Waals surface area contributed by atoms with Crippen LogP contribution in [0, 0.1) is 11.8 Å². The van der Waals surface area contributed by atoms with Crippen LogP contribution >= 0.6 is 0 Å². The molecule has 0 aromatic rings. The zero-order valence-electron chi connectivity index (χ0n) is 11.1. The average molecular weight is 236 g/mol. The molecule has 0 aromatic heterocycles. The van der Waals surface area contributed by atoms with Crippen molar-refractivity contribution in [3.8, 4) is 0 Å². The van der Waals surface area contributed by atoms with Gasteiger partial charge in [0.15, 0.2) is 0 Å². The number of hydrogen-bond donors (Lipinski definition) is 2. The van der Waals surface area contributed by atoms with Gasteiger partial charge >= 0.3 is 0 Å². The Morgan fingerprint density at radius 3 is 2.53 bits per heavy atom. The number of rotatable bonds is 4. The molecule has 3 unspecified atom stereocenters. The predicted octanol–water partition coefficient (Wildman–Crippen LogP) is 2.69. The monoisotopic (exact) mass is 236 g/mol. The Hall–Kier alpha value is -0.0800. The van der Waals surface area contributed by atoms with E-state index in [0.29, 0.717) is 0 Å². The van der Waals surface area contributed by atoms with Crippen LogP contribution in [0.25, 0.3) is 0 Å². The zero-order valence-corrected chi connectivity index (χ0v) is 11.1. The summed E-state index contributed by atoms with van der Waals surface area (Å²) in [5, 5.41) is 7.63. The molecule has 3 aliphatic rings. The van der Waals surface area contributed by atoms with Crippen molar-refractivity contribution in [2.75, 3.05) is 13.1 Å². The van der Waals surface area contributed by atoms with Gasteiger partial charge in [-0.25, -0.2) is 0 Å². The van der Waals surface area contributed by atoms with Crippen molar-refractivity contribution in [3.63, 3.8) is 0 Å². The lowest BCUT2D eigenvalue weighted by Crippen LogP contribution is -2.43. The largest absolute Gasteiger partial charge is 0.314 e. The van der Waals surface area contributed by atoms with Gasteiger partial charge in [-0.2, -0.15) is 0 Å². The average Bonchev–Trinajstić information content (AvgIpc) is 3.09. The summed E-state index contributed by atoms with van der Waals surface area (Å²) >= 11 is 0. The maximum atomic E-state index is 3.91. The summed E-state index contributed by atoms with van der Waals surface area (Å²) in [7, 11) is 0. The highest BCUT2D eigenvalue weighted by atomic mass is 15.0. The maximum Gasteiger partial charge on any atom is 0.0111 e. The molecule has 2 nitrogen and oxygen atoms in total. The van der Waals surface area contributed by atoms with E-state index >= 15 is 0 Å². The van der Waals surface area contributed by atoms with Crippen molar-refractivity contribution in [2.24, 2.45) is 11.8 Å². The van der Waals surface area contributed by atoms with E-state index in [4.69, 9.17) is 0 Å². The van der Waals surface area contributed by atoms with Crippen molar-refractivity contribution in [1.29, 1.82) is 0 Å². The minimum atomic E-state index is 0.825. The quantitative estimate of drug-likeness (QED) is 0.784.